The fourth-order valence-electron chi connectivity index (χ4n) is 1.98. The van der Waals surface area contributed by atoms with Crippen LogP contribution in [0.4, 0.5) is 0 Å². The second-order valence-electron chi connectivity index (χ2n) is 3.80. The SMILES string of the molecule is COc1ccc2c(=O)oc3ccccc3c2c1. The molecule has 0 saturated carbocycles. The summed E-state index contributed by atoms with van der Waals surface area (Å²) in [5, 5.41) is 2.35. The number of rotatable bonds is 1. The normalized spacial score (nSPS) is 10.9. The third kappa shape index (κ3) is 1.47. The highest BCUT2D eigenvalue weighted by Gasteiger charge is 2.07. The average molecular weight is 226 g/mol. The number of benzene rings is 2. The number of fused-ring (bicyclic) bond motifs is 3. The molecule has 0 bridgehead atoms. The van der Waals surface area contributed by atoms with Crippen LogP contribution in [0, 0.1) is 0 Å². The molecule has 3 nitrogen and oxygen atoms in total. The second-order valence-corrected chi connectivity index (χ2v) is 3.80. The quantitative estimate of drug-likeness (QED) is 0.473. The van der Waals surface area contributed by atoms with Crippen LogP contribution in [-0.4, -0.2) is 7.11 Å². The van der Waals surface area contributed by atoms with Crippen LogP contribution in [-0.2, 0) is 0 Å². The van der Waals surface area contributed by atoms with Crippen molar-refractivity contribution in [2.45, 2.75) is 0 Å². The maximum absolute atomic E-state index is 11.8. The van der Waals surface area contributed by atoms with E-state index in [0.717, 1.165) is 16.5 Å². The molecule has 0 spiro atoms. The Morgan fingerprint density at radius 1 is 1.00 bits per heavy atom. The van der Waals surface area contributed by atoms with E-state index < -0.39 is 0 Å². The third-order valence-electron chi connectivity index (χ3n) is 2.83. The van der Waals surface area contributed by atoms with Gasteiger partial charge in [0.05, 0.1) is 12.5 Å². The lowest BCUT2D eigenvalue weighted by atomic mass is 10.1. The molecule has 0 unspecified atom stereocenters. The van der Waals surface area contributed by atoms with Gasteiger partial charge in [0.1, 0.15) is 11.3 Å². The number of methoxy groups -OCH3 is 1. The van der Waals surface area contributed by atoms with Crippen molar-refractivity contribution < 1.29 is 9.15 Å². The van der Waals surface area contributed by atoms with E-state index in [1.165, 1.54) is 0 Å². The molecule has 1 aromatic heterocycles. The van der Waals surface area contributed by atoms with Gasteiger partial charge in [-0.05, 0) is 24.3 Å². The predicted molar refractivity (Wildman–Crippen MR) is 66.5 cm³/mol. The standard InChI is InChI=1S/C14H10O3/c1-16-9-6-7-11-12(8-9)10-4-2-3-5-13(10)17-14(11)15/h2-8H,1H3. The first kappa shape index (κ1) is 9.90. The molecule has 84 valence electrons. The smallest absolute Gasteiger partial charge is 0.344 e. The Labute approximate surface area is 97.2 Å². The van der Waals surface area contributed by atoms with Gasteiger partial charge in [-0.25, -0.2) is 4.79 Å². The fraction of sp³-hybridized carbons (Fsp3) is 0.0714. The molecular weight excluding hydrogens is 216 g/mol. The number of para-hydroxylation sites is 1. The van der Waals surface area contributed by atoms with E-state index in [9.17, 15) is 4.79 Å². The summed E-state index contributed by atoms with van der Waals surface area (Å²) < 4.78 is 10.4. The molecule has 0 N–H and O–H groups in total. The molecule has 0 fully saturated rings. The molecule has 0 aliphatic heterocycles. The fourth-order valence-corrected chi connectivity index (χ4v) is 1.98. The summed E-state index contributed by atoms with van der Waals surface area (Å²) >= 11 is 0. The Balaban J connectivity index is 2.57. The number of hydrogen-bond acceptors (Lipinski definition) is 3. The summed E-state index contributed by atoms with van der Waals surface area (Å²) in [5.74, 6) is 0.730. The summed E-state index contributed by atoms with van der Waals surface area (Å²) in [7, 11) is 1.61. The van der Waals surface area contributed by atoms with Gasteiger partial charge in [-0.2, -0.15) is 0 Å². The molecule has 3 heteroatoms. The van der Waals surface area contributed by atoms with Crippen molar-refractivity contribution in [3.05, 3.63) is 52.9 Å². The Bertz CT molecular complexity index is 756. The molecule has 2 aromatic carbocycles. The summed E-state index contributed by atoms with van der Waals surface area (Å²) in [6, 6.07) is 12.8. The van der Waals surface area contributed by atoms with E-state index in [1.807, 2.05) is 24.3 Å². The topological polar surface area (TPSA) is 39.4 Å². The minimum atomic E-state index is -0.318. The zero-order chi connectivity index (χ0) is 11.8. The largest absolute Gasteiger partial charge is 0.497 e. The van der Waals surface area contributed by atoms with Crippen molar-refractivity contribution >= 4 is 21.7 Å². The van der Waals surface area contributed by atoms with Crippen molar-refractivity contribution in [3.8, 4) is 5.75 Å². The van der Waals surface area contributed by atoms with Crippen LogP contribution >= 0.6 is 0 Å². The van der Waals surface area contributed by atoms with Gasteiger partial charge in [0.25, 0.3) is 0 Å². The molecule has 1 heterocycles. The van der Waals surface area contributed by atoms with E-state index >= 15 is 0 Å². The molecule has 17 heavy (non-hydrogen) atoms. The monoisotopic (exact) mass is 226 g/mol. The summed E-state index contributed by atoms with van der Waals surface area (Å²) in [4.78, 5) is 11.8. The Morgan fingerprint density at radius 2 is 1.82 bits per heavy atom. The zero-order valence-corrected chi connectivity index (χ0v) is 9.27. The number of ether oxygens (including phenoxy) is 1. The minimum absolute atomic E-state index is 0.318. The van der Waals surface area contributed by atoms with Gasteiger partial charge < -0.3 is 9.15 Å². The van der Waals surface area contributed by atoms with Gasteiger partial charge >= 0.3 is 5.63 Å². The molecule has 0 atom stereocenters. The van der Waals surface area contributed by atoms with Crippen LogP contribution in [0.25, 0.3) is 21.7 Å². The Kier molecular flexibility index (Phi) is 2.11. The molecule has 0 aliphatic rings. The molecule has 3 rings (SSSR count). The van der Waals surface area contributed by atoms with Gasteiger partial charge in [-0.15, -0.1) is 0 Å². The Morgan fingerprint density at radius 3 is 2.65 bits per heavy atom. The van der Waals surface area contributed by atoms with Gasteiger partial charge in [-0.3, -0.25) is 0 Å². The van der Waals surface area contributed by atoms with Crippen LogP contribution in [0.5, 0.6) is 5.75 Å². The van der Waals surface area contributed by atoms with Gasteiger partial charge in [-0.1, -0.05) is 18.2 Å². The van der Waals surface area contributed by atoms with Crippen LogP contribution in [0.3, 0.4) is 0 Å². The highest BCUT2D eigenvalue weighted by Crippen LogP contribution is 2.25. The first-order valence-corrected chi connectivity index (χ1v) is 5.29. The van der Waals surface area contributed by atoms with Gasteiger partial charge in [0, 0.05) is 10.8 Å². The van der Waals surface area contributed by atoms with Crippen LogP contribution < -0.4 is 10.4 Å². The van der Waals surface area contributed by atoms with Crippen molar-refractivity contribution in [1.82, 2.24) is 0 Å². The summed E-state index contributed by atoms with van der Waals surface area (Å²) in [6.45, 7) is 0. The Hall–Kier alpha value is -2.29. The highest BCUT2D eigenvalue weighted by atomic mass is 16.5. The zero-order valence-electron chi connectivity index (χ0n) is 9.27. The molecule has 3 aromatic rings. The molecule has 0 saturated heterocycles. The third-order valence-corrected chi connectivity index (χ3v) is 2.83. The van der Waals surface area contributed by atoms with Crippen LogP contribution in [0.2, 0.25) is 0 Å². The van der Waals surface area contributed by atoms with E-state index in [2.05, 4.69) is 0 Å². The van der Waals surface area contributed by atoms with Crippen molar-refractivity contribution in [3.63, 3.8) is 0 Å². The highest BCUT2D eigenvalue weighted by molar-refractivity contribution is 6.04. The van der Waals surface area contributed by atoms with E-state index in [4.69, 9.17) is 9.15 Å². The number of hydrogen-bond donors (Lipinski definition) is 0. The summed E-state index contributed by atoms with van der Waals surface area (Å²) in [6.07, 6.45) is 0. The van der Waals surface area contributed by atoms with Crippen LogP contribution in [0.1, 0.15) is 0 Å². The average Bonchev–Trinajstić information content (AvgIpc) is 2.38. The second kappa shape index (κ2) is 3.63. The van der Waals surface area contributed by atoms with Gasteiger partial charge in [0.15, 0.2) is 0 Å². The van der Waals surface area contributed by atoms with Crippen molar-refractivity contribution in [2.75, 3.05) is 7.11 Å². The van der Waals surface area contributed by atoms with Gasteiger partial charge in [0.2, 0.25) is 0 Å². The van der Waals surface area contributed by atoms with E-state index in [-0.39, 0.29) is 5.63 Å². The maximum atomic E-state index is 11.8. The summed E-state index contributed by atoms with van der Waals surface area (Å²) in [5.41, 5.74) is 0.277. The molecule has 0 aliphatic carbocycles. The first-order chi connectivity index (χ1) is 8.29. The van der Waals surface area contributed by atoms with E-state index in [0.29, 0.717) is 11.0 Å². The first-order valence-electron chi connectivity index (χ1n) is 5.29. The molecular formula is C14H10O3. The lowest BCUT2D eigenvalue weighted by Crippen LogP contribution is -1.99. The molecule has 0 radical (unpaired) electrons. The van der Waals surface area contributed by atoms with E-state index in [1.54, 1.807) is 25.3 Å². The lowest BCUT2D eigenvalue weighted by Gasteiger charge is -2.04. The lowest BCUT2D eigenvalue weighted by molar-refractivity contribution is 0.415. The van der Waals surface area contributed by atoms with Crippen molar-refractivity contribution in [2.24, 2.45) is 0 Å². The van der Waals surface area contributed by atoms with Crippen LogP contribution in [0.15, 0.2) is 51.7 Å². The minimum Gasteiger partial charge on any atom is -0.497 e. The predicted octanol–water partition coefficient (Wildman–Crippen LogP) is 2.95. The molecule has 0 amide bonds. The van der Waals surface area contributed by atoms with Crippen molar-refractivity contribution in [1.29, 1.82) is 0 Å². The maximum Gasteiger partial charge on any atom is 0.344 e.